The van der Waals surface area contributed by atoms with Gasteiger partial charge in [-0.05, 0) is 50.8 Å². The highest BCUT2D eigenvalue weighted by Crippen LogP contribution is 2.42. The molecular weight excluding hydrogens is 578 g/mol. The Hall–Kier alpha value is -3.41. The molecule has 4 atom stereocenters. The Balaban J connectivity index is 1.26. The van der Waals surface area contributed by atoms with Crippen molar-refractivity contribution in [3.8, 4) is 23.1 Å². The third-order valence-electron chi connectivity index (χ3n) is 9.56. The number of benzene rings is 1. The van der Waals surface area contributed by atoms with Gasteiger partial charge < -0.3 is 19.5 Å². The zero-order chi connectivity index (χ0) is 29.5. The molecule has 0 spiro atoms. The molecule has 12 heteroatoms. The highest BCUT2D eigenvalue weighted by atomic mass is 35.5. The second-order valence-corrected chi connectivity index (χ2v) is 12.7. The maximum absolute atomic E-state index is 16.7. The molecule has 8 rings (SSSR count). The van der Waals surface area contributed by atoms with Gasteiger partial charge in [0.05, 0.1) is 33.7 Å². The number of aromatic nitrogens is 4. The van der Waals surface area contributed by atoms with Crippen LogP contribution in [0.25, 0.3) is 33.1 Å². The zero-order valence-electron chi connectivity index (χ0n) is 23.7. The minimum atomic E-state index is -0.894. The SMILES string of the molecule is Cc1ccc2nc(O)cc(-c3ncc4c(N5CC6CCC(C5)O6)nc(OC[C@@]56CCCN5C[C@H](F)C6)nc4c3F)c2c1Cl. The molecule has 0 radical (unpaired) electrons. The van der Waals surface area contributed by atoms with Crippen molar-refractivity contribution < 1.29 is 23.4 Å². The molecule has 9 nitrogen and oxygen atoms in total. The van der Waals surface area contributed by atoms with Gasteiger partial charge >= 0.3 is 6.01 Å². The van der Waals surface area contributed by atoms with Crippen LogP contribution in [0.2, 0.25) is 5.02 Å². The molecule has 43 heavy (non-hydrogen) atoms. The number of alkyl halides is 1. The first-order valence-corrected chi connectivity index (χ1v) is 15.2. The van der Waals surface area contributed by atoms with Crippen molar-refractivity contribution in [2.24, 2.45) is 0 Å². The fourth-order valence-corrected chi connectivity index (χ4v) is 7.78. The van der Waals surface area contributed by atoms with Crippen molar-refractivity contribution in [2.45, 2.75) is 62.9 Å². The third kappa shape index (κ3) is 4.46. The standard InChI is InChI=1S/C31H31ClF2N6O3/c1-16-3-6-22-24(25(16)32)20(9-23(41)36-22)27-26(34)28-21(11-35-27)29(39-13-18-4-5-19(14-39)43-18)38-30(37-28)42-15-31-7-2-8-40(31)12-17(33)10-31/h3,6,9,11,17-19H,2,4-5,7-8,10,12-15H2,1H3,(H,36,41)/t17-,18?,19?,31+/m1/s1. The summed E-state index contributed by atoms with van der Waals surface area (Å²) in [6.45, 7) is 4.55. The number of aromatic hydroxyl groups is 1. The molecule has 4 saturated heterocycles. The summed E-state index contributed by atoms with van der Waals surface area (Å²) >= 11 is 6.68. The Bertz CT molecular complexity index is 1770. The fraction of sp³-hybridized carbons (Fsp3) is 0.484. The maximum atomic E-state index is 16.7. The van der Waals surface area contributed by atoms with Gasteiger partial charge in [-0.2, -0.15) is 9.97 Å². The van der Waals surface area contributed by atoms with Gasteiger partial charge in [0.1, 0.15) is 29.8 Å². The van der Waals surface area contributed by atoms with E-state index in [0.29, 0.717) is 58.7 Å². The minimum absolute atomic E-state index is 0.0167. The molecule has 7 heterocycles. The van der Waals surface area contributed by atoms with Crippen molar-refractivity contribution in [1.29, 1.82) is 0 Å². The van der Waals surface area contributed by atoms with Crippen LogP contribution in [0.3, 0.4) is 0 Å². The normalized spacial score (nSPS) is 27.0. The minimum Gasteiger partial charge on any atom is -0.493 e. The molecule has 4 aromatic rings. The lowest BCUT2D eigenvalue weighted by atomic mass is 9.95. The Kier molecular flexibility index (Phi) is 6.36. The second kappa shape index (κ2) is 10.1. The largest absolute Gasteiger partial charge is 0.493 e. The first kappa shape index (κ1) is 27.2. The van der Waals surface area contributed by atoms with Crippen molar-refractivity contribution in [3.05, 3.63) is 40.8 Å². The van der Waals surface area contributed by atoms with Gasteiger partial charge in [-0.15, -0.1) is 0 Å². The Morgan fingerprint density at radius 3 is 2.79 bits per heavy atom. The van der Waals surface area contributed by atoms with Crippen LogP contribution in [0.1, 0.15) is 37.7 Å². The number of morpholine rings is 1. The fourth-order valence-electron chi connectivity index (χ4n) is 7.51. The topological polar surface area (TPSA) is 96.7 Å². The van der Waals surface area contributed by atoms with Crippen molar-refractivity contribution in [3.63, 3.8) is 0 Å². The van der Waals surface area contributed by atoms with E-state index in [-0.39, 0.29) is 41.9 Å². The van der Waals surface area contributed by atoms with Gasteiger partial charge in [-0.3, -0.25) is 9.88 Å². The molecule has 2 bridgehead atoms. The second-order valence-electron chi connectivity index (χ2n) is 12.4. The summed E-state index contributed by atoms with van der Waals surface area (Å²) in [5, 5.41) is 11.8. The molecule has 224 valence electrons. The number of rotatable bonds is 5. The van der Waals surface area contributed by atoms with Gasteiger partial charge in [0, 0.05) is 49.3 Å². The highest BCUT2D eigenvalue weighted by Gasteiger charge is 2.49. The third-order valence-corrected chi connectivity index (χ3v) is 10.1. The predicted octanol–water partition coefficient (Wildman–Crippen LogP) is 5.37. The van der Waals surface area contributed by atoms with E-state index in [2.05, 4.69) is 24.8 Å². The zero-order valence-corrected chi connectivity index (χ0v) is 24.4. The monoisotopic (exact) mass is 608 g/mol. The summed E-state index contributed by atoms with van der Waals surface area (Å²) in [4.78, 5) is 22.4. The molecule has 0 amide bonds. The van der Waals surface area contributed by atoms with E-state index >= 15 is 4.39 Å². The number of hydrogen-bond acceptors (Lipinski definition) is 9. The number of aryl methyl sites for hydroxylation is 1. The highest BCUT2D eigenvalue weighted by molar-refractivity contribution is 6.37. The van der Waals surface area contributed by atoms with Crippen molar-refractivity contribution in [1.82, 2.24) is 24.8 Å². The van der Waals surface area contributed by atoms with Crippen LogP contribution in [-0.2, 0) is 4.74 Å². The number of fused-ring (bicyclic) bond motifs is 5. The maximum Gasteiger partial charge on any atom is 0.319 e. The number of nitrogens with zero attached hydrogens (tertiary/aromatic N) is 6. The van der Waals surface area contributed by atoms with Crippen LogP contribution in [-0.4, -0.2) is 86.6 Å². The number of pyridine rings is 2. The molecule has 4 fully saturated rings. The number of halogens is 3. The molecule has 0 aliphatic carbocycles. The molecular formula is C31H31ClF2N6O3. The van der Waals surface area contributed by atoms with Gasteiger partial charge in [-0.1, -0.05) is 17.7 Å². The van der Waals surface area contributed by atoms with Crippen LogP contribution in [0.15, 0.2) is 24.4 Å². The van der Waals surface area contributed by atoms with E-state index in [1.165, 1.54) is 6.07 Å². The van der Waals surface area contributed by atoms with E-state index in [0.717, 1.165) is 37.8 Å². The summed E-state index contributed by atoms with van der Waals surface area (Å²) in [6.07, 6.45) is 4.98. The van der Waals surface area contributed by atoms with E-state index in [1.54, 1.807) is 18.3 Å². The lowest BCUT2D eigenvalue weighted by molar-refractivity contribution is 0.0302. The van der Waals surface area contributed by atoms with E-state index < -0.39 is 17.5 Å². The van der Waals surface area contributed by atoms with Crippen LogP contribution < -0.4 is 9.64 Å². The molecule has 1 N–H and O–H groups in total. The summed E-state index contributed by atoms with van der Waals surface area (Å²) in [7, 11) is 0. The summed E-state index contributed by atoms with van der Waals surface area (Å²) in [5.41, 5.74) is 1.15. The van der Waals surface area contributed by atoms with Crippen LogP contribution in [0.5, 0.6) is 11.9 Å². The number of anilines is 1. The molecule has 1 aromatic carbocycles. The summed E-state index contributed by atoms with van der Waals surface area (Å²) in [5.74, 6) is -0.426. The average molecular weight is 609 g/mol. The lowest BCUT2D eigenvalue weighted by Crippen LogP contribution is -2.44. The lowest BCUT2D eigenvalue weighted by Gasteiger charge is -2.34. The number of ether oxygens (including phenoxy) is 2. The van der Waals surface area contributed by atoms with Crippen molar-refractivity contribution in [2.75, 3.05) is 37.7 Å². The smallest absolute Gasteiger partial charge is 0.319 e. The van der Waals surface area contributed by atoms with E-state index in [9.17, 15) is 9.50 Å². The quantitative estimate of drug-likeness (QED) is 0.321. The molecule has 4 aliphatic heterocycles. The average Bonchev–Trinajstić information content (AvgIpc) is 3.63. The first-order chi connectivity index (χ1) is 20.8. The Morgan fingerprint density at radius 2 is 1.98 bits per heavy atom. The van der Waals surface area contributed by atoms with Crippen LogP contribution in [0, 0.1) is 12.7 Å². The van der Waals surface area contributed by atoms with E-state index in [1.807, 2.05) is 6.92 Å². The summed E-state index contributed by atoms with van der Waals surface area (Å²) in [6, 6.07) is 4.93. The Morgan fingerprint density at radius 1 is 1.16 bits per heavy atom. The van der Waals surface area contributed by atoms with Gasteiger partial charge in [0.15, 0.2) is 5.82 Å². The van der Waals surface area contributed by atoms with E-state index in [4.69, 9.17) is 26.1 Å². The van der Waals surface area contributed by atoms with Crippen LogP contribution >= 0.6 is 11.6 Å². The predicted molar refractivity (Wildman–Crippen MR) is 158 cm³/mol. The number of hydrogen-bond donors (Lipinski definition) is 1. The molecule has 2 unspecified atom stereocenters. The molecule has 3 aromatic heterocycles. The molecule has 4 aliphatic rings. The van der Waals surface area contributed by atoms with Gasteiger partial charge in [0.25, 0.3) is 0 Å². The first-order valence-electron chi connectivity index (χ1n) is 14.9. The molecule has 0 saturated carbocycles. The van der Waals surface area contributed by atoms with Gasteiger partial charge in [-0.25, -0.2) is 13.8 Å². The summed E-state index contributed by atoms with van der Waals surface area (Å²) < 4.78 is 43.4. The van der Waals surface area contributed by atoms with Gasteiger partial charge in [0.2, 0.25) is 5.88 Å². The Labute approximate surface area is 251 Å². The van der Waals surface area contributed by atoms with Crippen molar-refractivity contribution >= 4 is 39.2 Å². The van der Waals surface area contributed by atoms with Crippen LogP contribution in [0.4, 0.5) is 14.6 Å².